The molecular formula is C12H14BrClFN. The lowest BCUT2D eigenvalue weighted by Crippen LogP contribution is -2.20. The molecule has 1 aromatic rings. The number of benzene rings is 1. The summed E-state index contributed by atoms with van der Waals surface area (Å²) in [5.41, 5.74) is 2.60. The van der Waals surface area contributed by atoms with Crippen LogP contribution >= 0.6 is 27.5 Å². The van der Waals surface area contributed by atoms with E-state index in [-0.39, 0.29) is 6.67 Å². The highest BCUT2D eigenvalue weighted by molar-refractivity contribution is 9.10. The normalized spacial score (nSPS) is 18.8. The monoisotopic (exact) mass is 305 g/mol. The van der Waals surface area contributed by atoms with Gasteiger partial charge in [-0.25, -0.2) is 0 Å². The lowest BCUT2D eigenvalue weighted by Gasteiger charge is -2.14. The van der Waals surface area contributed by atoms with E-state index in [4.69, 9.17) is 11.6 Å². The van der Waals surface area contributed by atoms with Crippen molar-refractivity contribution >= 4 is 27.5 Å². The van der Waals surface area contributed by atoms with E-state index in [1.807, 2.05) is 12.1 Å². The molecule has 1 aliphatic rings. The Balaban J connectivity index is 2.12. The van der Waals surface area contributed by atoms with E-state index in [0.29, 0.717) is 12.5 Å². The Hall–Kier alpha value is -0.120. The van der Waals surface area contributed by atoms with Gasteiger partial charge >= 0.3 is 0 Å². The molecule has 0 bridgehead atoms. The van der Waals surface area contributed by atoms with Gasteiger partial charge in [0.2, 0.25) is 0 Å². The fourth-order valence-electron chi connectivity index (χ4n) is 2.20. The Labute approximate surface area is 109 Å². The van der Waals surface area contributed by atoms with Gasteiger partial charge in [0.25, 0.3) is 0 Å². The Morgan fingerprint density at radius 2 is 2.31 bits per heavy atom. The van der Waals surface area contributed by atoms with E-state index in [9.17, 15) is 4.39 Å². The van der Waals surface area contributed by atoms with Crippen LogP contribution in [-0.2, 0) is 6.42 Å². The van der Waals surface area contributed by atoms with Gasteiger partial charge in [-0.2, -0.15) is 0 Å². The van der Waals surface area contributed by atoms with E-state index >= 15 is 0 Å². The Kier molecular flexibility index (Phi) is 4.22. The molecule has 0 saturated heterocycles. The fourth-order valence-corrected chi connectivity index (χ4v) is 3.23. The van der Waals surface area contributed by atoms with E-state index in [0.717, 1.165) is 28.9 Å². The topological polar surface area (TPSA) is 12.0 Å². The summed E-state index contributed by atoms with van der Waals surface area (Å²) in [5, 5.41) is 4.13. The summed E-state index contributed by atoms with van der Waals surface area (Å²) in [4.78, 5) is 0. The predicted molar refractivity (Wildman–Crippen MR) is 68.8 cm³/mol. The maximum atomic E-state index is 12.0. The predicted octanol–water partition coefficient (Wildman–Crippen LogP) is 4.04. The maximum absolute atomic E-state index is 12.0. The van der Waals surface area contributed by atoms with Gasteiger partial charge in [-0.1, -0.05) is 27.5 Å². The highest BCUT2D eigenvalue weighted by Gasteiger charge is 2.24. The van der Waals surface area contributed by atoms with Crippen LogP contribution in [0.15, 0.2) is 16.6 Å². The summed E-state index contributed by atoms with van der Waals surface area (Å²) in [5.74, 6) is 0. The summed E-state index contributed by atoms with van der Waals surface area (Å²) in [6.07, 6.45) is 2.70. The third-order valence-electron chi connectivity index (χ3n) is 2.95. The molecule has 1 aliphatic carbocycles. The first-order valence-electron chi connectivity index (χ1n) is 5.49. The molecule has 1 N–H and O–H groups in total. The van der Waals surface area contributed by atoms with Crippen molar-refractivity contribution in [3.05, 3.63) is 32.8 Å². The molecule has 16 heavy (non-hydrogen) atoms. The largest absolute Gasteiger partial charge is 0.310 e. The first-order valence-corrected chi connectivity index (χ1v) is 6.66. The van der Waals surface area contributed by atoms with Crippen LogP contribution in [0, 0.1) is 0 Å². The van der Waals surface area contributed by atoms with Crippen molar-refractivity contribution in [2.75, 3.05) is 13.2 Å². The van der Waals surface area contributed by atoms with Crippen molar-refractivity contribution in [1.29, 1.82) is 0 Å². The zero-order valence-corrected chi connectivity index (χ0v) is 11.2. The maximum Gasteiger partial charge on any atom is 0.0906 e. The first-order chi connectivity index (χ1) is 7.72. The third-order valence-corrected chi connectivity index (χ3v) is 3.88. The smallest absolute Gasteiger partial charge is 0.0906 e. The van der Waals surface area contributed by atoms with Crippen LogP contribution in [0.1, 0.15) is 30.0 Å². The summed E-state index contributed by atoms with van der Waals surface area (Å²) in [6.45, 7) is 0.469. The van der Waals surface area contributed by atoms with Crippen molar-refractivity contribution in [2.24, 2.45) is 0 Å². The van der Waals surface area contributed by atoms with Crippen LogP contribution in [0.3, 0.4) is 0 Å². The van der Waals surface area contributed by atoms with Crippen LogP contribution in [0.4, 0.5) is 4.39 Å². The van der Waals surface area contributed by atoms with Crippen molar-refractivity contribution in [3.63, 3.8) is 0 Å². The zero-order chi connectivity index (χ0) is 11.5. The average Bonchev–Trinajstić information content (AvgIpc) is 2.62. The van der Waals surface area contributed by atoms with E-state index in [2.05, 4.69) is 21.2 Å². The second-order valence-electron chi connectivity index (χ2n) is 4.04. The number of hydrogen-bond donors (Lipinski definition) is 1. The summed E-state index contributed by atoms with van der Waals surface area (Å²) < 4.78 is 13.1. The quantitative estimate of drug-likeness (QED) is 0.828. The van der Waals surface area contributed by atoms with Gasteiger partial charge in [0, 0.05) is 15.5 Å². The van der Waals surface area contributed by atoms with Gasteiger partial charge in [0.1, 0.15) is 0 Å². The Bertz CT molecular complexity index is 384. The Morgan fingerprint density at radius 1 is 1.50 bits per heavy atom. The molecule has 0 saturated carbocycles. The standard InChI is InChI=1S/C12H14BrClFN/c13-11-7-8(14)6-10-9(11)2-3-12(10)16-5-1-4-15/h6-7,12,16H,1-5H2. The molecule has 0 aromatic heterocycles. The van der Waals surface area contributed by atoms with Gasteiger partial charge in [0.15, 0.2) is 0 Å². The summed E-state index contributed by atoms with van der Waals surface area (Å²) >= 11 is 9.57. The summed E-state index contributed by atoms with van der Waals surface area (Å²) in [6, 6.07) is 4.28. The molecule has 88 valence electrons. The minimum Gasteiger partial charge on any atom is -0.310 e. The fraction of sp³-hybridized carbons (Fsp3) is 0.500. The van der Waals surface area contributed by atoms with Crippen molar-refractivity contribution in [3.8, 4) is 0 Å². The first kappa shape index (κ1) is 12.3. The minimum absolute atomic E-state index is 0.258. The van der Waals surface area contributed by atoms with Crippen molar-refractivity contribution < 1.29 is 4.39 Å². The lowest BCUT2D eigenvalue weighted by atomic mass is 10.1. The molecule has 1 unspecified atom stereocenters. The van der Waals surface area contributed by atoms with E-state index in [1.165, 1.54) is 11.1 Å². The molecule has 0 aliphatic heterocycles. The van der Waals surface area contributed by atoms with E-state index < -0.39 is 0 Å². The highest BCUT2D eigenvalue weighted by Crippen LogP contribution is 2.37. The van der Waals surface area contributed by atoms with Crippen LogP contribution in [0.25, 0.3) is 0 Å². The summed E-state index contributed by atoms with van der Waals surface area (Å²) in [7, 11) is 0. The average molecular weight is 307 g/mol. The van der Waals surface area contributed by atoms with Crippen LogP contribution in [0.5, 0.6) is 0 Å². The number of alkyl halides is 1. The van der Waals surface area contributed by atoms with Crippen molar-refractivity contribution in [1.82, 2.24) is 5.32 Å². The number of halogens is 3. The van der Waals surface area contributed by atoms with Gasteiger partial charge in [-0.3, -0.25) is 4.39 Å². The molecule has 1 nitrogen and oxygen atoms in total. The van der Waals surface area contributed by atoms with Gasteiger partial charge in [0.05, 0.1) is 6.67 Å². The van der Waals surface area contributed by atoms with Gasteiger partial charge in [-0.05, 0) is 49.1 Å². The number of fused-ring (bicyclic) bond motifs is 1. The zero-order valence-electron chi connectivity index (χ0n) is 8.90. The van der Waals surface area contributed by atoms with Crippen LogP contribution < -0.4 is 5.32 Å². The molecule has 0 radical (unpaired) electrons. The molecule has 0 fully saturated rings. The Morgan fingerprint density at radius 3 is 3.06 bits per heavy atom. The van der Waals surface area contributed by atoms with Gasteiger partial charge < -0.3 is 5.32 Å². The molecule has 0 amide bonds. The number of nitrogens with one attached hydrogen (secondary N) is 1. The third kappa shape index (κ3) is 2.58. The lowest BCUT2D eigenvalue weighted by molar-refractivity contribution is 0.438. The number of hydrogen-bond acceptors (Lipinski definition) is 1. The SMILES string of the molecule is FCCCNC1CCc2c(Br)cc(Cl)cc21. The van der Waals surface area contributed by atoms with Crippen molar-refractivity contribution in [2.45, 2.75) is 25.3 Å². The molecule has 1 aromatic carbocycles. The van der Waals surface area contributed by atoms with Gasteiger partial charge in [-0.15, -0.1) is 0 Å². The number of rotatable bonds is 4. The molecule has 1 atom stereocenters. The highest BCUT2D eigenvalue weighted by atomic mass is 79.9. The van der Waals surface area contributed by atoms with Crippen LogP contribution in [0.2, 0.25) is 5.02 Å². The second-order valence-corrected chi connectivity index (χ2v) is 5.33. The minimum atomic E-state index is -0.258. The molecular weight excluding hydrogens is 292 g/mol. The molecule has 0 spiro atoms. The molecule has 2 rings (SSSR count). The van der Waals surface area contributed by atoms with Crippen LogP contribution in [-0.4, -0.2) is 13.2 Å². The van der Waals surface area contributed by atoms with E-state index in [1.54, 1.807) is 0 Å². The second kappa shape index (κ2) is 5.48. The molecule has 4 heteroatoms. The molecule has 0 heterocycles.